The number of hydrogen-bond acceptors (Lipinski definition) is 1. The van der Waals surface area contributed by atoms with E-state index in [4.69, 9.17) is 0 Å². The fraction of sp³-hybridized carbons (Fsp3) is 0.300. The molecule has 0 aromatic heterocycles. The molecule has 0 atom stereocenters. The van der Waals surface area contributed by atoms with Crippen LogP contribution in [0, 0.1) is 0 Å². The molecule has 0 heterocycles. The normalized spacial score (nSPS) is 18.5. The number of carbonyl (C=O) groups is 1. The maximum atomic E-state index is 11.2. The molecule has 0 aromatic rings. The summed E-state index contributed by atoms with van der Waals surface area (Å²) in [5.74, 6) is 0.248. The van der Waals surface area contributed by atoms with E-state index in [-0.39, 0.29) is 5.78 Å². The molecule has 11 heavy (non-hydrogen) atoms. The molecule has 1 heteroatoms. The molecule has 0 amide bonds. The van der Waals surface area contributed by atoms with Gasteiger partial charge >= 0.3 is 0 Å². The van der Waals surface area contributed by atoms with Gasteiger partial charge < -0.3 is 0 Å². The molecular formula is C10H12O. The van der Waals surface area contributed by atoms with Gasteiger partial charge in [-0.2, -0.15) is 0 Å². The summed E-state index contributed by atoms with van der Waals surface area (Å²) in [6.45, 7) is 5.58. The van der Waals surface area contributed by atoms with Crippen molar-refractivity contribution in [1.82, 2.24) is 0 Å². The largest absolute Gasteiger partial charge is 0.294 e. The lowest BCUT2D eigenvalue weighted by Crippen LogP contribution is -1.91. The minimum Gasteiger partial charge on any atom is -0.294 e. The third kappa shape index (κ3) is 1.48. The van der Waals surface area contributed by atoms with Gasteiger partial charge in [0.05, 0.1) is 0 Å². The van der Waals surface area contributed by atoms with Gasteiger partial charge in [-0.15, -0.1) is 0 Å². The van der Waals surface area contributed by atoms with Crippen molar-refractivity contribution in [3.8, 4) is 0 Å². The highest BCUT2D eigenvalue weighted by molar-refractivity contribution is 6.01. The third-order valence-electron chi connectivity index (χ3n) is 1.85. The van der Waals surface area contributed by atoms with E-state index < -0.39 is 0 Å². The Morgan fingerprint density at radius 1 is 1.45 bits per heavy atom. The number of carbonyl (C=O) groups excluding carboxylic acids is 1. The van der Waals surface area contributed by atoms with Gasteiger partial charge in [0.1, 0.15) is 0 Å². The maximum Gasteiger partial charge on any atom is 0.163 e. The molecule has 1 nitrogen and oxygen atoms in total. The Morgan fingerprint density at radius 2 is 2.18 bits per heavy atom. The SMILES string of the molecule is C=CC1=C(C=CC)C(=O)CC1. The van der Waals surface area contributed by atoms with Gasteiger partial charge in [-0.25, -0.2) is 0 Å². The molecule has 0 saturated carbocycles. The van der Waals surface area contributed by atoms with Gasteiger partial charge in [-0.1, -0.05) is 24.8 Å². The van der Waals surface area contributed by atoms with Gasteiger partial charge in [-0.3, -0.25) is 4.79 Å². The molecule has 1 rings (SSSR count). The molecule has 58 valence electrons. The van der Waals surface area contributed by atoms with E-state index in [1.165, 1.54) is 0 Å². The van der Waals surface area contributed by atoms with Crippen LogP contribution in [-0.2, 0) is 4.79 Å². The van der Waals surface area contributed by atoms with E-state index in [9.17, 15) is 4.79 Å². The maximum absolute atomic E-state index is 11.2. The Hall–Kier alpha value is -1.11. The highest BCUT2D eigenvalue weighted by Crippen LogP contribution is 2.24. The zero-order chi connectivity index (χ0) is 8.27. The summed E-state index contributed by atoms with van der Waals surface area (Å²) in [6.07, 6.45) is 7.05. The quantitative estimate of drug-likeness (QED) is 0.587. The summed E-state index contributed by atoms with van der Waals surface area (Å²) in [5, 5.41) is 0. The van der Waals surface area contributed by atoms with Gasteiger partial charge in [0.25, 0.3) is 0 Å². The van der Waals surface area contributed by atoms with Crippen LogP contribution in [0.3, 0.4) is 0 Å². The Morgan fingerprint density at radius 3 is 2.73 bits per heavy atom. The second-order valence-electron chi connectivity index (χ2n) is 2.57. The topological polar surface area (TPSA) is 17.1 Å². The van der Waals surface area contributed by atoms with Crippen LogP contribution in [0.25, 0.3) is 0 Å². The predicted molar refractivity (Wildman–Crippen MR) is 46.3 cm³/mol. The van der Waals surface area contributed by atoms with Gasteiger partial charge in [0, 0.05) is 12.0 Å². The molecule has 0 aromatic carbocycles. The monoisotopic (exact) mass is 148 g/mol. The Kier molecular flexibility index (Phi) is 2.42. The average molecular weight is 148 g/mol. The lowest BCUT2D eigenvalue weighted by molar-refractivity contribution is -0.114. The van der Waals surface area contributed by atoms with E-state index in [0.29, 0.717) is 6.42 Å². The molecule has 0 fully saturated rings. The van der Waals surface area contributed by atoms with Crippen LogP contribution in [0.1, 0.15) is 19.8 Å². The van der Waals surface area contributed by atoms with Crippen molar-refractivity contribution >= 4 is 5.78 Å². The first-order valence-electron chi connectivity index (χ1n) is 3.81. The minimum atomic E-state index is 0.248. The van der Waals surface area contributed by atoms with Crippen LogP contribution in [0.2, 0.25) is 0 Å². The van der Waals surface area contributed by atoms with Crippen LogP contribution in [0.15, 0.2) is 36.0 Å². The van der Waals surface area contributed by atoms with E-state index >= 15 is 0 Å². The summed E-state index contributed by atoms with van der Waals surface area (Å²) in [6, 6.07) is 0. The van der Waals surface area contributed by atoms with Crippen molar-refractivity contribution in [3.05, 3.63) is 36.0 Å². The van der Waals surface area contributed by atoms with Crippen LogP contribution < -0.4 is 0 Å². The second kappa shape index (κ2) is 3.33. The number of rotatable bonds is 2. The smallest absolute Gasteiger partial charge is 0.163 e. The number of Topliss-reactive ketones (excluding diaryl/α,β-unsaturated/α-hetero) is 1. The molecule has 0 aliphatic heterocycles. The van der Waals surface area contributed by atoms with Crippen molar-refractivity contribution in [2.24, 2.45) is 0 Å². The van der Waals surface area contributed by atoms with Crippen molar-refractivity contribution in [2.75, 3.05) is 0 Å². The predicted octanol–water partition coefficient (Wildman–Crippen LogP) is 2.41. The average Bonchev–Trinajstić information content (AvgIpc) is 2.34. The first kappa shape index (κ1) is 7.99. The molecule has 0 bridgehead atoms. The van der Waals surface area contributed by atoms with E-state index in [2.05, 4.69) is 6.58 Å². The zero-order valence-corrected chi connectivity index (χ0v) is 6.76. The second-order valence-corrected chi connectivity index (χ2v) is 2.57. The summed E-state index contributed by atoms with van der Waals surface area (Å²) in [7, 11) is 0. The van der Waals surface area contributed by atoms with Gasteiger partial charge in [0.15, 0.2) is 5.78 Å². The van der Waals surface area contributed by atoms with Crippen LogP contribution >= 0.6 is 0 Å². The Balaban J connectivity index is 2.98. The van der Waals surface area contributed by atoms with E-state index in [0.717, 1.165) is 17.6 Å². The third-order valence-corrected chi connectivity index (χ3v) is 1.85. The number of allylic oxidation sites excluding steroid dienone is 5. The minimum absolute atomic E-state index is 0.248. The van der Waals surface area contributed by atoms with Crippen LogP contribution in [0.4, 0.5) is 0 Å². The van der Waals surface area contributed by atoms with Crippen LogP contribution in [0.5, 0.6) is 0 Å². The van der Waals surface area contributed by atoms with E-state index in [1.807, 2.05) is 19.1 Å². The lowest BCUT2D eigenvalue weighted by atomic mass is 10.1. The van der Waals surface area contributed by atoms with E-state index in [1.54, 1.807) is 6.08 Å². The lowest BCUT2D eigenvalue weighted by Gasteiger charge is -1.92. The molecule has 0 saturated heterocycles. The Labute approximate surface area is 67.1 Å². The highest BCUT2D eigenvalue weighted by Gasteiger charge is 2.17. The van der Waals surface area contributed by atoms with Gasteiger partial charge in [-0.05, 0) is 18.9 Å². The van der Waals surface area contributed by atoms with Crippen LogP contribution in [-0.4, -0.2) is 5.78 Å². The highest BCUT2D eigenvalue weighted by atomic mass is 16.1. The molecular weight excluding hydrogens is 136 g/mol. The first-order valence-corrected chi connectivity index (χ1v) is 3.81. The summed E-state index contributed by atoms with van der Waals surface area (Å²) < 4.78 is 0. The fourth-order valence-electron chi connectivity index (χ4n) is 1.28. The molecule has 0 radical (unpaired) electrons. The molecule has 1 aliphatic carbocycles. The van der Waals surface area contributed by atoms with Gasteiger partial charge in [0.2, 0.25) is 0 Å². The summed E-state index contributed by atoms with van der Waals surface area (Å²) in [4.78, 5) is 11.2. The number of ketones is 1. The Bertz CT molecular complexity index is 244. The fourth-order valence-corrected chi connectivity index (χ4v) is 1.28. The van der Waals surface area contributed by atoms with Crippen molar-refractivity contribution in [1.29, 1.82) is 0 Å². The molecule has 0 unspecified atom stereocenters. The summed E-state index contributed by atoms with van der Waals surface area (Å²) >= 11 is 0. The molecule has 0 spiro atoms. The summed E-state index contributed by atoms with van der Waals surface area (Å²) in [5.41, 5.74) is 1.94. The molecule has 1 aliphatic rings. The standard InChI is InChI=1S/C10H12O/c1-3-5-9-8(4-2)6-7-10(9)11/h3-5H,2,6-7H2,1H3. The van der Waals surface area contributed by atoms with Crippen molar-refractivity contribution < 1.29 is 4.79 Å². The molecule has 0 N–H and O–H groups in total. The first-order chi connectivity index (χ1) is 5.29. The number of hydrogen-bond donors (Lipinski definition) is 0. The van der Waals surface area contributed by atoms with Crippen molar-refractivity contribution in [3.63, 3.8) is 0 Å². The zero-order valence-electron chi connectivity index (χ0n) is 6.76. The van der Waals surface area contributed by atoms with Crippen molar-refractivity contribution in [2.45, 2.75) is 19.8 Å².